The second-order valence-electron chi connectivity index (χ2n) is 12.4. The van der Waals surface area contributed by atoms with Gasteiger partial charge < -0.3 is 4.42 Å². The van der Waals surface area contributed by atoms with Crippen molar-refractivity contribution in [2.75, 3.05) is 0 Å². The number of hydrogen-bond donors (Lipinski definition) is 0. The maximum atomic E-state index is 6.77. The van der Waals surface area contributed by atoms with Crippen molar-refractivity contribution >= 4 is 54.5 Å². The largest absolute Gasteiger partial charge is 0.455 e. The summed E-state index contributed by atoms with van der Waals surface area (Å²) in [5.41, 5.74) is 10.4. The molecule has 0 bridgehead atoms. The number of hydrogen-bond acceptors (Lipinski definition) is 4. The lowest BCUT2D eigenvalue weighted by Gasteiger charge is -2.14. The molecule has 3 heterocycles. The molecule has 49 heavy (non-hydrogen) atoms. The van der Waals surface area contributed by atoms with Crippen molar-refractivity contribution in [1.29, 1.82) is 0 Å². The molecule has 0 aliphatic carbocycles. The van der Waals surface area contributed by atoms with Crippen molar-refractivity contribution in [3.05, 3.63) is 164 Å². The lowest BCUT2D eigenvalue weighted by atomic mass is 9.93. The van der Waals surface area contributed by atoms with Crippen LogP contribution in [0, 0.1) is 0 Å². The van der Waals surface area contributed by atoms with Gasteiger partial charge in [-0.25, -0.2) is 15.0 Å². The van der Waals surface area contributed by atoms with E-state index >= 15 is 0 Å². The average molecular weight is 626 g/mol. The smallest absolute Gasteiger partial charge is 0.164 e. The van der Waals surface area contributed by atoms with Crippen molar-refractivity contribution in [2.24, 2.45) is 0 Å². The van der Waals surface area contributed by atoms with Crippen LogP contribution in [0.2, 0.25) is 0 Å². The lowest BCUT2D eigenvalue weighted by molar-refractivity contribution is 0.670. The molecule has 0 unspecified atom stereocenters. The summed E-state index contributed by atoms with van der Waals surface area (Å²) < 4.78 is 6.77. The lowest BCUT2D eigenvalue weighted by Crippen LogP contribution is -1.97. The van der Waals surface area contributed by atoms with Crippen LogP contribution < -0.4 is 0 Å². The van der Waals surface area contributed by atoms with E-state index in [-0.39, 0.29) is 0 Å². The van der Waals surface area contributed by atoms with Gasteiger partial charge in [0.1, 0.15) is 11.2 Å². The third kappa shape index (κ3) is 4.42. The molecule has 3 aromatic heterocycles. The zero-order chi connectivity index (χ0) is 32.3. The van der Waals surface area contributed by atoms with E-state index in [1.54, 1.807) is 0 Å². The maximum absolute atomic E-state index is 6.77. The van der Waals surface area contributed by atoms with Gasteiger partial charge in [-0.15, -0.1) is 0 Å². The van der Waals surface area contributed by atoms with Crippen molar-refractivity contribution < 1.29 is 4.42 Å². The van der Waals surface area contributed by atoms with Crippen LogP contribution in [-0.4, -0.2) is 15.0 Å². The normalized spacial score (nSPS) is 11.7. The van der Waals surface area contributed by atoms with E-state index in [0.29, 0.717) is 5.82 Å². The van der Waals surface area contributed by atoms with E-state index in [1.807, 2.05) is 42.5 Å². The fourth-order valence-electron chi connectivity index (χ4n) is 7.21. The molecule has 7 aromatic carbocycles. The molecule has 0 saturated carbocycles. The molecule has 0 saturated heterocycles. The van der Waals surface area contributed by atoms with Gasteiger partial charge in [-0.05, 0) is 41.5 Å². The van der Waals surface area contributed by atoms with E-state index in [2.05, 4.69) is 121 Å². The second-order valence-corrected chi connectivity index (χ2v) is 12.4. The Morgan fingerprint density at radius 3 is 1.76 bits per heavy atom. The summed E-state index contributed by atoms with van der Waals surface area (Å²) in [6.07, 6.45) is 0. The third-order valence-electron chi connectivity index (χ3n) is 9.44. The van der Waals surface area contributed by atoms with Crippen LogP contribution in [0.4, 0.5) is 0 Å². The topological polar surface area (TPSA) is 51.8 Å². The molecule has 10 aromatic rings. The molecule has 0 amide bonds. The molecule has 0 aliphatic rings. The van der Waals surface area contributed by atoms with Gasteiger partial charge in [0.15, 0.2) is 5.82 Å². The first-order chi connectivity index (χ1) is 24.3. The zero-order valence-electron chi connectivity index (χ0n) is 26.3. The summed E-state index contributed by atoms with van der Waals surface area (Å²) >= 11 is 0. The summed E-state index contributed by atoms with van der Waals surface area (Å²) in [6, 6.07) is 56.5. The molecule has 0 fully saturated rings. The number of furan rings is 1. The van der Waals surface area contributed by atoms with E-state index in [0.717, 1.165) is 93.7 Å². The fourth-order valence-corrected chi connectivity index (χ4v) is 7.21. The zero-order valence-corrected chi connectivity index (χ0v) is 26.3. The second kappa shape index (κ2) is 11.0. The number of nitrogens with zero attached hydrogens (tertiary/aromatic N) is 3. The number of benzene rings is 7. The minimum atomic E-state index is 0.608. The predicted octanol–water partition coefficient (Wildman–Crippen LogP) is 11.9. The number of pyridine rings is 1. The SMILES string of the molecule is c1ccc(-c2cccc(-c3nc(-c4cc5c(-c6ccccc6)nc6ccccc6c5c5c4oc4ccccc45)nc4ccccc34)c2)cc1. The van der Waals surface area contributed by atoms with E-state index in [4.69, 9.17) is 19.4 Å². The molecule has 0 spiro atoms. The van der Waals surface area contributed by atoms with Crippen LogP contribution in [0.3, 0.4) is 0 Å². The Balaban J connectivity index is 1.33. The van der Waals surface area contributed by atoms with Gasteiger partial charge in [0.2, 0.25) is 0 Å². The molecule has 228 valence electrons. The fraction of sp³-hybridized carbons (Fsp3) is 0. The Labute approximate surface area is 282 Å². The first-order valence-electron chi connectivity index (χ1n) is 16.5. The highest BCUT2D eigenvalue weighted by molar-refractivity contribution is 6.30. The van der Waals surface area contributed by atoms with E-state index < -0.39 is 0 Å². The van der Waals surface area contributed by atoms with Crippen LogP contribution in [0.1, 0.15) is 0 Å². The van der Waals surface area contributed by atoms with Gasteiger partial charge in [0, 0.05) is 43.4 Å². The summed E-state index contributed by atoms with van der Waals surface area (Å²) in [7, 11) is 0. The predicted molar refractivity (Wildman–Crippen MR) is 201 cm³/mol. The Hall–Kier alpha value is -6.65. The molecular formula is C45H27N3O. The number of para-hydroxylation sites is 3. The molecule has 4 heteroatoms. The summed E-state index contributed by atoms with van der Waals surface area (Å²) in [5, 5.41) is 6.32. The monoisotopic (exact) mass is 625 g/mol. The minimum absolute atomic E-state index is 0.608. The van der Waals surface area contributed by atoms with Crippen LogP contribution >= 0.6 is 0 Å². The van der Waals surface area contributed by atoms with Crippen molar-refractivity contribution in [2.45, 2.75) is 0 Å². The Bertz CT molecular complexity index is 2880. The van der Waals surface area contributed by atoms with Gasteiger partial charge in [-0.3, -0.25) is 0 Å². The van der Waals surface area contributed by atoms with Gasteiger partial charge >= 0.3 is 0 Å². The average Bonchev–Trinajstić information content (AvgIpc) is 3.57. The van der Waals surface area contributed by atoms with Crippen LogP contribution in [0.15, 0.2) is 168 Å². The highest BCUT2D eigenvalue weighted by atomic mass is 16.3. The minimum Gasteiger partial charge on any atom is -0.455 e. The summed E-state index contributed by atoms with van der Waals surface area (Å²) in [4.78, 5) is 15.9. The van der Waals surface area contributed by atoms with Crippen molar-refractivity contribution in [1.82, 2.24) is 15.0 Å². The standard InChI is InChI=1S/C45H27N3O/c1-3-14-28(15-4-1)30-18-13-19-31(26-30)43-33-21-8-11-24-38(33)47-45(48-43)36-27-35-40(41-34-22-9-12-25-39(34)49-44(36)41)32-20-7-10-23-37(32)46-42(35)29-16-5-2-6-17-29/h1-27H. The highest BCUT2D eigenvalue weighted by Gasteiger charge is 2.23. The molecule has 0 radical (unpaired) electrons. The quantitative estimate of drug-likeness (QED) is 0.183. The molecule has 0 aliphatic heterocycles. The number of fused-ring (bicyclic) bond motifs is 8. The third-order valence-corrected chi connectivity index (χ3v) is 9.44. The van der Waals surface area contributed by atoms with Crippen molar-refractivity contribution in [3.63, 3.8) is 0 Å². The van der Waals surface area contributed by atoms with Gasteiger partial charge in [0.05, 0.1) is 28.0 Å². The van der Waals surface area contributed by atoms with E-state index in [9.17, 15) is 0 Å². The van der Waals surface area contributed by atoms with Gasteiger partial charge in [0.25, 0.3) is 0 Å². The first-order valence-corrected chi connectivity index (χ1v) is 16.5. The molecule has 10 rings (SSSR count). The van der Waals surface area contributed by atoms with Crippen LogP contribution in [0.5, 0.6) is 0 Å². The van der Waals surface area contributed by atoms with Gasteiger partial charge in [-0.1, -0.05) is 133 Å². The van der Waals surface area contributed by atoms with Gasteiger partial charge in [-0.2, -0.15) is 0 Å². The Morgan fingerprint density at radius 2 is 0.959 bits per heavy atom. The molecule has 4 nitrogen and oxygen atoms in total. The highest BCUT2D eigenvalue weighted by Crippen LogP contribution is 2.45. The van der Waals surface area contributed by atoms with Crippen LogP contribution in [-0.2, 0) is 0 Å². The first kappa shape index (κ1) is 27.5. The molecule has 0 atom stereocenters. The Kier molecular flexibility index (Phi) is 6.15. The van der Waals surface area contributed by atoms with Crippen molar-refractivity contribution in [3.8, 4) is 45.0 Å². The number of aromatic nitrogens is 3. The Morgan fingerprint density at radius 1 is 0.367 bits per heavy atom. The van der Waals surface area contributed by atoms with E-state index in [1.165, 1.54) is 0 Å². The molecular weight excluding hydrogens is 599 g/mol. The maximum Gasteiger partial charge on any atom is 0.164 e. The number of rotatable bonds is 4. The summed E-state index contributed by atoms with van der Waals surface area (Å²) in [6.45, 7) is 0. The molecule has 0 N–H and O–H groups in total. The van der Waals surface area contributed by atoms with Crippen LogP contribution in [0.25, 0.3) is 99.5 Å². The summed E-state index contributed by atoms with van der Waals surface area (Å²) in [5.74, 6) is 0.608.